The number of hydrogen-bond acceptors (Lipinski definition) is 4. The van der Waals surface area contributed by atoms with Crippen molar-refractivity contribution < 1.29 is 14.8 Å². The van der Waals surface area contributed by atoms with Crippen LogP contribution in [0, 0.1) is 5.92 Å². The molecule has 2 N–H and O–H groups in total. The van der Waals surface area contributed by atoms with E-state index < -0.39 is 7.12 Å². The highest BCUT2D eigenvalue weighted by atomic mass is 16.5. The highest BCUT2D eigenvalue weighted by molar-refractivity contribution is 6.59. The van der Waals surface area contributed by atoms with Gasteiger partial charge in [-0.05, 0) is 48.5 Å². The molecule has 0 aromatic heterocycles. The molecule has 0 bridgehead atoms. The molecule has 1 aliphatic rings. The zero-order chi connectivity index (χ0) is 14.7. The Hall–Kier alpha value is -1.04. The van der Waals surface area contributed by atoms with Gasteiger partial charge in [-0.15, -0.1) is 0 Å². The van der Waals surface area contributed by atoms with Crippen LogP contribution in [0.2, 0.25) is 0 Å². The van der Waals surface area contributed by atoms with E-state index in [1.165, 1.54) is 12.8 Å². The molecule has 5 heteroatoms. The number of nitrogens with zero attached hydrogens (tertiary/aromatic N) is 1. The Morgan fingerprint density at radius 2 is 2.15 bits per heavy atom. The van der Waals surface area contributed by atoms with Crippen molar-refractivity contribution in [1.82, 2.24) is 4.90 Å². The maximum absolute atomic E-state index is 9.51. The minimum absolute atomic E-state index is 0.570. The maximum atomic E-state index is 9.51. The monoisotopic (exact) mass is 277 g/mol. The summed E-state index contributed by atoms with van der Waals surface area (Å²) >= 11 is 0. The van der Waals surface area contributed by atoms with Gasteiger partial charge in [0, 0.05) is 12.6 Å². The lowest BCUT2D eigenvalue weighted by molar-refractivity contribution is 0.199. The predicted molar refractivity (Wildman–Crippen MR) is 81.1 cm³/mol. The largest absolute Gasteiger partial charge is 0.497 e. The van der Waals surface area contributed by atoms with Crippen LogP contribution in [-0.4, -0.2) is 41.8 Å². The first-order chi connectivity index (χ1) is 9.52. The van der Waals surface area contributed by atoms with E-state index >= 15 is 0 Å². The van der Waals surface area contributed by atoms with Gasteiger partial charge in [-0.3, -0.25) is 4.90 Å². The minimum Gasteiger partial charge on any atom is -0.497 e. The number of likely N-dealkylation sites (tertiary alicyclic amines) is 1. The van der Waals surface area contributed by atoms with Crippen molar-refractivity contribution in [3.63, 3.8) is 0 Å². The molecule has 1 unspecified atom stereocenters. The molecule has 0 amide bonds. The van der Waals surface area contributed by atoms with E-state index in [0.29, 0.717) is 17.4 Å². The molecular formula is C15H24BNO3. The van der Waals surface area contributed by atoms with Crippen molar-refractivity contribution in [3.8, 4) is 5.75 Å². The fourth-order valence-electron chi connectivity index (χ4n) is 3.12. The first-order valence-corrected chi connectivity index (χ1v) is 7.30. The summed E-state index contributed by atoms with van der Waals surface area (Å²) in [6.45, 7) is 6.31. The average Bonchev–Trinajstić information content (AvgIpc) is 2.86. The summed E-state index contributed by atoms with van der Waals surface area (Å²) in [6.07, 6.45) is 2.43. The van der Waals surface area contributed by atoms with Gasteiger partial charge >= 0.3 is 7.12 Å². The molecule has 0 aliphatic carbocycles. The second kappa shape index (κ2) is 6.61. The fourth-order valence-corrected chi connectivity index (χ4v) is 3.12. The maximum Gasteiger partial charge on any atom is 0.488 e. The standard InChI is InChI=1S/C15H24BNO3/c1-11(2)15-5-4-8-17(15)10-12-9-13(20-3)6-7-14(12)16(18)19/h6-7,9,11,15,18-19H,4-5,8,10H2,1-3H3. The van der Waals surface area contributed by atoms with Gasteiger partial charge in [-0.25, -0.2) is 0 Å². The van der Waals surface area contributed by atoms with E-state index in [0.717, 1.165) is 24.4 Å². The summed E-state index contributed by atoms with van der Waals surface area (Å²) in [6, 6.07) is 5.98. The van der Waals surface area contributed by atoms with E-state index in [1.807, 2.05) is 6.07 Å². The van der Waals surface area contributed by atoms with Gasteiger partial charge in [0.05, 0.1) is 7.11 Å². The highest BCUT2D eigenvalue weighted by Gasteiger charge is 2.28. The highest BCUT2D eigenvalue weighted by Crippen LogP contribution is 2.26. The smallest absolute Gasteiger partial charge is 0.488 e. The molecule has 1 aromatic carbocycles. The molecule has 1 fully saturated rings. The third-order valence-electron chi connectivity index (χ3n) is 4.19. The van der Waals surface area contributed by atoms with Crippen LogP contribution >= 0.6 is 0 Å². The van der Waals surface area contributed by atoms with Crippen molar-refractivity contribution in [2.75, 3.05) is 13.7 Å². The number of benzene rings is 1. The fraction of sp³-hybridized carbons (Fsp3) is 0.600. The van der Waals surface area contributed by atoms with Crippen LogP contribution in [0.3, 0.4) is 0 Å². The molecule has 0 radical (unpaired) electrons. The van der Waals surface area contributed by atoms with E-state index in [2.05, 4.69) is 18.7 Å². The van der Waals surface area contributed by atoms with Crippen molar-refractivity contribution >= 4 is 12.6 Å². The third kappa shape index (κ3) is 3.34. The van der Waals surface area contributed by atoms with E-state index in [-0.39, 0.29) is 0 Å². The second-order valence-corrected chi connectivity index (χ2v) is 5.86. The molecule has 1 aliphatic heterocycles. The second-order valence-electron chi connectivity index (χ2n) is 5.86. The van der Waals surface area contributed by atoms with Crippen molar-refractivity contribution in [2.45, 2.75) is 39.3 Å². The van der Waals surface area contributed by atoms with Gasteiger partial charge in [0.15, 0.2) is 0 Å². The molecule has 110 valence electrons. The van der Waals surface area contributed by atoms with Crippen LogP contribution < -0.4 is 10.2 Å². The van der Waals surface area contributed by atoms with E-state index in [1.54, 1.807) is 19.2 Å². The van der Waals surface area contributed by atoms with Crippen LogP contribution in [0.5, 0.6) is 5.75 Å². The Morgan fingerprint density at radius 3 is 2.75 bits per heavy atom. The Morgan fingerprint density at radius 1 is 1.40 bits per heavy atom. The summed E-state index contributed by atoms with van der Waals surface area (Å²) in [7, 11) is 0.192. The summed E-state index contributed by atoms with van der Waals surface area (Å²) in [5.41, 5.74) is 1.51. The lowest BCUT2D eigenvalue weighted by Gasteiger charge is -2.28. The van der Waals surface area contributed by atoms with Crippen molar-refractivity contribution in [2.24, 2.45) is 5.92 Å². The Kier molecular flexibility index (Phi) is 5.08. The first-order valence-electron chi connectivity index (χ1n) is 7.30. The Labute approximate surface area is 121 Å². The Balaban J connectivity index is 2.22. The predicted octanol–water partition coefficient (Wildman–Crippen LogP) is 0.995. The van der Waals surface area contributed by atoms with Crippen LogP contribution in [0.25, 0.3) is 0 Å². The number of rotatable bonds is 5. The van der Waals surface area contributed by atoms with E-state index in [9.17, 15) is 10.0 Å². The molecule has 0 spiro atoms. The van der Waals surface area contributed by atoms with Crippen molar-refractivity contribution in [1.29, 1.82) is 0 Å². The molecule has 2 rings (SSSR count). The summed E-state index contributed by atoms with van der Waals surface area (Å²) in [4.78, 5) is 2.44. The van der Waals surface area contributed by atoms with Crippen molar-refractivity contribution in [3.05, 3.63) is 23.8 Å². The SMILES string of the molecule is COc1ccc(B(O)O)c(CN2CCCC2C(C)C)c1. The van der Waals surface area contributed by atoms with Crippen LogP contribution in [-0.2, 0) is 6.54 Å². The average molecular weight is 277 g/mol. The number of ether oxygens (including phenoxy) is 1. The van der Waals surface area contributed by atoms with Crippen LogP contribution in [0.15, 0.2) is 18.2 Å². The normalized spacial score (nSPS) is 19.6. The summed E-state index contributed by atoms with van der Waals surface area (Å²) in [5, 5.41) is 19.0. The molecule has 1 saturated heterocycles. The topological polar surface area (TPSA) is 52.9 Å². The lowest BCUT2D eigenvalue weighted by Crippen LogP contribution is -2.38. The van der Waals surface area contributed by atoms with Gasteiger partial charge < -0.3 is 14.8 Å². The quantitative estimate of drug-likeness (QED) is 0.788. The zero-order valence-corrected chi connectivity index (χ0v) is 12.5. The van der Waals surface area contributed by atoms with Gasteiger partial charge in [0.1, 0.15) is 5.75 Å². The van der Waals surface area contributed by atoms with Gasteiger partial charge in [0.25, 0.3) is 0 Å². The lowest BCUT2D eigenvalue weighted by atomic mass is 9.76. The molecule has 4 nitrogen and oxygen atoms in total. The molecule has 0 saturated carbocycles. The van der Waals surface area contributed by atoms with Gasteiger partial charge in [-0.1, -0.05) is 19.9 Å². The minimum atomic E-state index is -1.43. The Bertz CT molecular complexity index is 451. The number of methoxy groups -OCH3 is 1. The molecule has 1 aromatic rings. The first kappa shape index (κ1) is 15.4. The zero-order valence-electron chi connectivity index (χ0n) is 12.5. The molecule has 1 heterocycles. The molecule has 20 heavy (non-hydrogen) atoms. The molecular weight excluding hydrogens is 253 g/mol. The summed E-state index contributed by atoms with van der Waals surface area (Å²) < 4.78 is 5.25. The van der Waals surface area contributed by atoms with Gasteiger partial charge in [-0.2, -0.15) is 0 Å². The number of hydrogen-bond donors (Lipinski definition) is 2. The molecule has 1 atom stereocenters. The van der Waals surface area contributed by atoms with E-state index in [4.69, 9.17) is 4.74 Å². The van der Waals surface area contributed by atoms with Crippen LogP contribution in [0.4, 0.5) is 0 Å². The summed E-state index contributed by atoms with van der Waals surface area (Å²) in [5.74, 6) is 1.37. The van der Waals surface area contributed by atoms with Gasteiger partial charge in [0.2, 0.25) is 0 Å². The third-order valence-corrected chi connectivity index (χ3v) is 4.19. The van der Waals surface area contributed by atoms with Crippen LogP contribution in [0.1, 0.15) is 32.3 Å².